The van der Waals surface area contributed by atoms with E-state index in [1.165, 1.54) is 25.5 Å². The van der Waals surface area contributed by atoms with E-state index >= 15 is 0 Å². The number of rotatable bonds is 1. The van der Waals surface area contributed by atoms with Crippen molar-refractivity contribution in [2.45, 2.75) is 77.1 Å². The van der Waals surface area contributed by atoms with Crippen molar-refractivity contribution in [3.05, 3.63) is 0 Å². The van der Waals surface area contributed by atoms with E-state index in [1.54, 1.807) is 0 Å². The minimum Gasteiger partial charge on any atom is -0.347 e. The van der Waals surface area contributed by atoms with Crippen molar-refractivity contribution < 1.29 is 14.3 Å². The predicted molar refractivity (Wildman–Crippen MR) is 79.8 cm³/mol. The average molecular weight is 292 g/mol. The van der Waals surface area contributed by atoms with E-state index in [0.29, 0.717) is 11.8 Å². The van der Waals surface area contributed by atoms with Crippen molar-refractivity contribution in [3.8, 4) is 0 Å². The van der Waals surface area contributed by atoms with Gasteiger partial charge in [0.2, 0.25) is 0 Å². The monoisotopic (exact) mass is 292 g/mol. The van der Waals surface area contributed by atoms with E-state index in [2.05, 4.69) is 20.8 Å². The summed E-state index contributed by atoms with van der Waals surface area (Å²) >= 11 is 0. The normalized spacial score (nSPS) is 59.2. The molecule has 1 spiro atoms. The number of aldehydes is 1. The van der Waals surface area contributed by atoms with Gasteiger partial charge in [0.1, 0.15) is 6.29 Å². The molecule has 118 valence electrons. The highest BCUT2D eigenvalue weighted by atomic mass is 16.8. The lowest BCUT2D eigenvalue weighted by Gasteiger charge is -2.62. The molecule has 3 nitrogen and oxygen atoms in total. The van der Waals surface area contributed by atoms with Gasteiger partial charge in [-0.2, -0.15) is 0 Å². The van der Waals surface area contributed by atoms with Crippen LogP contribution in [0.15, 0.2) is 0 Å². The fraction of sp³-hybridized carbons (Fsp3) is 0.944. The van der Waals surface area contributed by atoms with Crippen LogP contribution >= 0.6 is 0 Å². The molecular formula is C18H28O3. The number of hydrogen-bond donors (Lipinski definition) is 0. The summed E-state index contributed by atoms with van der Waals surface area (Å²) in [6.45, 7) is 7.49. The van der Waals surface area contributed by atoms with Crippen LogP contribution < -0.4 is 0 Å². The number of carbonyl (C=O) groups is 1. The Morgan fingerprint density at radius 1 is 1.00 bits per heavy atom. The van der Waals surface area contributed by atoms with Crippen LogP contribution in [0.25, 0.3) is 0 Å². The van der Waals surface area contributed by atoms with Crippen molar-refractivity contribution in [3.63, 3.8) is 0 Å². The third-order valence-electron chi connectivity index (χ3n) is 7.51. The van der Waals surface area contributed by atoms with Gasteiger partial charge in [0.15, 0.2) is 5.79 Å². The maximum absolute atomic E-state index is 11.8. The fourth-order valence-electron chi connectivity index (χ4n) is 6.51. The first-order valence-electron chi connectivity index (χ1n) is 8.66. The first-order chi connectivity index (χ1) is 9.86. The number of fused-ring (bicyclic) bond motifs is 3. The van der Waals surface area contributed by atoms with E-state index in [4.69, 9.17) is 9.47 Å². The fourth-order valence-corrected chi connectivity index (χ4v) is 6.51. The molecule has 0 amide bonds. The Kier molecular flexibility index (Phi) is 2.78. The predicted octanol–water partition coefficient (Wildman–Crippen LogP) is 3.70. The Bertz CT molecular complexity index is 477. The molecule has 2 bridgehead atoms. The second kappa shape index (κ2) is 4.11. The summed E-state index contributed by atoms with van der Waals surface area (Å²) in [4.78, 5) is 11.8. The largest absolute Gasteiger partial charge is 0.347 e. The average Bonchev–Trinajstić information content (AvgIpc) is 2.69. The maximum atomic E-state index is 11.8. The summed E-state index contributed by atoms with van der Waals surface area (Å²) in [7, 11) is 0. The van der Waals surface area contributed by atoms with Crippen LogP contribution in [0.5, 0.6) is 0 Å². The van der Waals surface area contributed by atoms with Gasteiger partial charge >= 0.3 is 0 Å². The van der Waals surface area contributed by atoms with Crippen molar-refractivity contribution in [1.82, 2.24) is 0 Å². The van der Waals surface area contributed by atoms with Gasteiger partial charge in [0, 0.05) is 11.8 Å². The third kappa shape index (κ3) is 1.71. The molecule has 0 aromatic rings. The van der Waals surface area contributed by atoms with Gasteiger partial charge < -0.3 is 14.3 Å². The zero-order chi connectivity index (χ0) is 14.9. The summed E-state index contributed by atoms with van der Waals surface area (Å²) < 4.78 is 12.5. The summed E-state index contributed by atoms with van der Waals surface area (Å²) in [6, 6.07) is 0. The molecule has 2 aliphatic carbocycles. The summed E-state index contributed by atoms with van der Waals surface area (Å²) in [6.07, 6.45) is 9.11. The lowest BCUT2D eigenvalue weighted by molar-refractivity contribution is -0.259. The molecule has 0 unspecified atom stereocenters. The van der Waals surface area contributed by atoms with Crippen LogP contribution in [0.1, 0.15) is 65.7 Å². The molecule has 4 rings (SSSR count). The van der Waals surface area contributed by atoms with Crippen LogP contribution in [0, 0.1) is 22.7 Å². The standard InChI is InChI=1S/C18H28O3/c1-15(11-19)7-4-8-16(2)13(15)6-10-18-12-20-17(3,21-18)9-5-14(16)18/h11,13-14H,4-10,12H2,1-3H3/t13-,14+,15+,16-,17-,18-/m0/s1. The van der Waals surface area contributed by atoms with Gasteiger partial charge in [0.25, 0.3) is 0 Å². The van der Waals surface area contributed by atoms with E-state index in [9.17, 15) is 4.79 Å². The van der Waals surface area contributed by atoms with Crippen LogP contribution in [0.2, 0.25) is 0 Å². The lowest BCUT2D eigenvalue weighted by atomic mass is 9.44. The Morgan fingerprint density at radius 2 is 1.76 bits per heavy atom. The topological polar surface area (TPSA) is 35.5 Å². The molecule has 3 heteroatoms. The molecule has 0 aromatic carbocycles. The van der Waals surface area contributed by atoms with Crippen molar-refractivity contribution in [2.75, 3.05) is 6.61 Å². The minimum absolute atomic E-state index is 0.0701. The van der Waals surface area contributed by atoms with E-state index < -0.39 is 0 Å². The van der Waals surface area contributed by atoms with E-state index in [-0.39, 0.29) is 22.2 Å². The van der Waals surface area contributed by atoms with E-state index in [0.717, 1.165) is 32.3 Å². The SMILES string of the molecule is C[C@]12CC[C@H]3[C@](CC[C@@H]4[C@]3(C)CCC[C@]4(C)C=O)(CO1)O2. The minimum atomic E-state index is -0.345. The molecule has 4 fully saturated rings. The van der Waals surface area contributed by atoms with Crippen LogP contribution in [-0.2, 0) is 14.3 Å². The van der Waals surface area contributed by atoms with Gasteiger partial charge in [-0.3, -0.25) is 0 Å². The van der Waals surface area contributed by atoms with E-state index in [1.807, 2.05) is 0 Å². The van der Waals surface area contributed by atoms with Crippen LogP contribution in [-0.4, -0.2) is 24.3 Å². The first kappa shape index (κ1) is 14.2. The molecule has 2 saturated carbocycles. The van der Waals surface area contributed by atoms with Crippen molar-refractivity contribution in [2.24, 2.45) is 22.7 Å². The highest BCUT2D eigenvalue weighted by molar-refractivity contribution is 5.60. The molecule has 2 saturated heterocycles. The smallest absolute Gasteiger partial charge is 0.166 e. The van der Waals surface area contributed by atoms with Gasteiger partial charge in [-0.15, -0.1) is 0 Å². The molecular weight excluding hydrogens is 264 g/mol. The molecule has 0 N–H and O–H groups in total. The summed E-state index contributed by atoms with van der Waals surface area (Å²) in [5.74, 6) is 0.724. The second-order valence-corrected chi connectivity index (χ2v) is 8.75. The highest BCUT2D eigenvalue weighted by Gasteiger charge is 2.66. The van der Waals surface area contributed by atoms with Crippen LogP contribution in [0.4, 0.5) is 0 Å². The lowest BCUT2D eigenvalue weighted by Crippen LogP contribution is -2.62. The Hall–Kier alpha value is -0.410. The quantitative estimate of drug-likeness (QED) is 0.691. The molecule has 2 aliphatic heterocycles. The van der Waals surface area contributed by atoms with Crippen molar-refractivity contribution in [1.29, 1.82) is 0 Å². The van der Waals surface area contributed by atoms with Gasteiger partial charge in [-0.25, -0.2) is 0 Å². The molecule has 2 heterocycles. The Balaban J connectivity index is 1.73. The van der Waals surface area contributed by atoms with Crippen molar-refractivity contribution >= 4 is 6.29 Å². The molecule has 6 atom stereocenters. The van der Waals surface area contributed by atoms with Crippen LogP contribution in [0.3, 0.4) is 0 Å². The zero-order valence-electron chi connectivity index (χ0n) is 13.6. The van der Waals surface area contributed by atoms with Gasteiger partial charge in [-0.05, 0) is 56.3 Å². The summed E-state index contributed by atoms with van der Waals surface area (Å²) in [5.41, 5.74) is 0.0371. The number of hydrogen-bond acceptors (Lipinski definition) is 3. The molecule has 21 heavy (non-hydrogen) atoms. The number of ether oxygens (including phenoxy) is 2. The third-order valence-corrected chi connectivity index (χ3v) is 7.51. The second-order valence-electron chi connectivity index (χ2n) is 8.75. The maximum Gasteiger partial charge on any atom is 0.166 e. The molecule has 0 aromatic heterocycles. The number of carbonyl (C=O) groups excluding carboxylic acids is 1. The Morgan fingerprint density at radius 3 is 2.52 bits per heavy atom. The van der Waals surface area contributed by atoms with Gasteiger partial charge in [0.05, 0.1) is 12.2 Å². The highest BCUT2D eigenvalue weighted by Crippen LogP contribution is 2.66. The van der Waals surface area contributed by atoms with Gasteiger partial charge in [-0.1, -0.05) is 20.3 Å². The zero-order valence-corrected chi connectivity index (χ0v) is 13.6. The molecule has 0 radical (unpaired) electrons. The summed E-state index contributed by atoms with van der Waals surface area (Å²) in [5, 5.41) is 0. The first-order valence-corrected chi connectivity index (χ1v) is 8.66. The Labute approximate surface area is 127 Å². The molecule has 4 aliphatic rings.